The van der Waals surface area contributed by atoms with Gasteiger partial charge >= 0.3 is 5.97 Å². The number of nitrogens with zero attached hydrogens (tertiary/aromatic N) is 1. The number of carbonyl (C=O) groups is 2. The fraction of sp³-hybridized carbons (Fsp3) is 0.211. The second-order valence-corrected chi connectivity index (χ2v) is 4.88. The molecule has 1 aromatic heterocycles. The second kappa shape index (κ2) is 8.49. The quantitative estimate of drug-likeness (QED) is 0.366. The summed E-state index contributed by atoms with van der Waals surface area (Å²) in [5.74, 6) is 5.11. The summed E-state index contributed by atoms with van der Waals surface area (Å²) in [5, 5.41) is 0. The standard InChI is InChI=1S/C19H17NO4/c1-3-23-18(21)11-7-4-8-14(2)15-9-5-6-10-16(15)19(22)17-12-20-13-24-17/h5-7,9-14H,3H2,1-2H3. The maximum atomic E-state index is 12.5. The topological polar surface area (TPSA) is 69.4 Å². The van der Waals surface area contributed by atoms with Gasteiger partial charge in [-0.2, -0.15) is 0 Å². The van der Waals surface area contributed by atoms with Gasteiger partial charge in [-0.25, -0.2) is 9.78 Å². The van der Waals surface area contributed by atoms with Crippen LogP contribution in [0.3, 0.4) is 0 Å². The van der Waals surface area contributed by atoms with Crippen molar-refractivity contribution in [3.63, 3.8) is 0 Å². The molecule has 24 heavy (non-hydrogen) atoms. The van der Waals surface area contributed by atoms with E-state index in [1.807, 2.05) is 19.1 Å². The molecule has 0 fully saturated rings. The molecular formula is C19H17NO4. The van der Waals surface area contributed by atoms with Gasteiger partial charge in [-0.15, -0.1) is 0 Å². The molecule has 0 aliphatic carbocycles. The lowest BCUT2D eigenvalue weighted by atomic mass is 9.93. The Balaban J connectivity index is 2.18. The minimum absolute atomic E-state index is 0.185. The maximum Gasteiger partial charge on any atom is 0.331 e. The maximum absolute atomic E-state index is 12.5. The van der Waals surface area contributed by atoms with E-state index in [-0.39, 0.29) is 17.5 Å². The highest BCUT2D eigenvalue weighted by Crippen LogP contribution is 2.22. The fourth-order valence-electron chi connectivity index (χ4n) is 2.09. The molecule has 0 saturated carbocycles. The van der Waals surface area contributed by atoms with E-state index in [1.165, 1.54) is 24.7 Å². The average molecular weight is 323 g/mol. The molecule has 0 N–H and O–H groups in total. The van der Waals surface area contributed by atoms with Crippen molar-refractivity contribution in [3.05, 3.63) is 65.9 Å². The van der Waals surface area contributed by atoms with Gasteiger partial charge in [-0.05, 0) is 25.5 Å². The summed E-state index contributed by atoms with van der Waals surface area (Å²) < 4.78 is 9.84. The number of ketones is 1. The highest BCUT2D eigenvalue weighted by molar-refractivity contribution is 6.08. The number of hydrogen-bond donors (Lipinski definition) is 0. The van der Waals surface area contributed by atoms with Crippen LogP contribution in [0.2, 0.25) is 0 Å². The van der Waals surface area contributed by atoms with Crippen LogP contribution in [0.25, 0.3) is 0 Å². The summed E-state index contributed by atoms with van der Waals surface area (Å²) in [5.41, 5.74) is 1.31. The van der Waals surface area contributed by atoms with Crippen molar-refractivity contribution in [3.8, 4) is 11.8 Å². The molecule has 0 radical (unpaired) electrons. The molecule has 2 rings (SSSR count). The lowest BCUT2D eigenvalue weighted by Gasteiger charge is -2.09. The third-order valence-corrected chi connectivity index (χ3v) is 3.22. The van der Waals surface area contributed by atoms with Crippen molar-refractivity contribution in [2.45, 2.75) is 19.8 Å². The normalized spacial score (nSPS) is 11.6. The van der Waals surface area contributed by atoms with Crippen LogP contribution >= 0.6 is 0 Å². The van der Waals surface area contributed by atoms with Crippen molar-refractivity contribution in [1.82, 2.24) is 4.98 Å². The molecule has 0 amide bonds. The molecule has 2 aromatic rings. The van der Waals surface area contributed by atoms with E-state index >= 15 is 0 Å². The van der Waals surface area contributed by atoms with E-state index in [9.17, 15) is 9.59 Å². The lowest BCUT2D eigenvalue weighted by Crippen LogP contribution is -2.06. The number of aromatic nitrogens is 1. The van der Waals surface area contributed by atoms with E-state index in [0.29, 0.717) is 12.2 Å². The van der Waals surface area contributed by atoms with E-state index in [2.05, 4.69) is 16.8 Å². The minimum Gasteiger partial charge on any atom is -0.463 e. The molecule has 5 heteroatoms. The Morgan fingerprint density at radius 2 is 2.17 bits per heavy atom. The Morgan fingerprint density at radius 3 is 2.88 bits per heavy atom. The molecule has 5 nitrogen and oxygen atoms in total. The highest BCUT2D eigenvalue weighted by atomic mass is 16.5. The molecule has 1 atom stereocenters. The Hall–Kier alpha value is -3.13. The van der Waals surface area contributed by atoms with Gasteiger partial charge in [0.15, 0.2) is 12.2 Å². The molecule has 0 aliphatic heterocycles. The lowest BCUT2D eigenvalue weighted by molar-refractivity contribution is -0.137. The third kappa shape index (κ3) is 4.43. The van der Waals surface area contributed by atoms with E-state index in [0.717, 1.165) is 5.56 Å². The first-order valence-corrected chi connectivity index (χ1v) is 7.50. The van der Waals surface area contributed by atoms with Gasteiger partial charge in [0.05, 0.1) is 12.8 Å². The zero-order valence-electron chi connectivity index (χ0n) is 13.5. The molecule has 1 unspecified atom stereocenters. The van der Waals surface area contributed by atoms with Gasteiger partial charge in [0, 0.05) is 17.6 Å². The van der Waals surface area contributed by atoms with Crippen LogP contribution in [0, 0.1) is 11.8 Å². The SMILES string of the molecule is CCOC(=O)C=CC#CC(C)c1ccccc1C(=O)c1cnco1. The minimum atomic E-state index is -0.430. The summed E-state index contributed by atoms with van der Waals surface area (Å²) >= 11 is 0. The van der Waals surface area contributed by atoms with Gasteiger partial charge in [0.1, 0.15) is 0 Å². The van der Waals surface area contributed by atoms with Crippen molar-refractivity contribution < 1.29 is 18.7 Å². The molecule has 0 aliphatic rings. The highest BCUT2D eigenvalue weighted by Gasteiger charge is 2.18. The van der Waals surface area contributed by atoms with Crippen LogP contribution in [-0.2, 0) is 9.53 Å². The largest absolute Gasteiger partial charge is 0.463 e. The summed E-state index contributed by atoms with van der Waals surface area (Å²) in [7, 11) is 0. The Morgan fingerprint density at radius 1 is 1.38 bits per heavy atom. The number of ether oxygens (including phenoxy) is 1. The molecule has 0 saturated heterocycles. The summed E-state index contributed by atoms with van der Waals surface area (Å²) in [6.45, 7) is 3.95. The van der Waals surface area contributed by atoms with Gasteiger partial charge in [-0.3, -0.25) is 4.79 Å². The van der Waals surface area contributed by atoms with Gasteiger partial charge in [0.2, 0.25) is 5.78 Å². The number of carbonyl (C=O) groups excluding carboxylic acids is 2. The van der Waals surface area contributed by atoms with Crippen LogP contribution in [0.5, 0.6) is 0 Å². The average Bonchev–Trinajstić information content (AvgIpc) is 3.13. The molecule has 0 bridgehead atoms. The first-order valence-electron chi connectivity index (χ1n) is 7.50. The van der Waals surface area contributed by atoms with E-state index < -0.39 is 5.97 Å². The van der Waals surface area contributed by atoms with Crippen LogP contribution in [-0.4, -0.2) is 23.3 Å². The van der Waals surface area contributed by atoms with Crippen molar-refractivity contribution in [2.24, 2.45) is 0 Å². The third-order valence-electron chi connectivity index (χ3n) is 3.22. The Labute approximate surface area is 140 Å². The van der Waals surface area contributed by atoms with E-state index in [1.54, 1.807) is 19.1 Å². The van der Waals surface area contributed by atoms with Crippen molar-refractivity contribution in [2.75, 3.05) is 6.61 Å². The van der Waals surface area contributed by atoms with E-state index in [4.69, 9.17) is 9.15 Å². The van der Waals surface area contributed by atoms with Crippen LogP contribution in [0.1, 0.15) is 41.4 Å². The number of benzene rings is 1. The zero-order valence-corrected chi connectivity index (χ0v) is 13.5. The Kier molecular flexibility index (Phi) is 6.09. The van der Waals surface area contributed by atoms with Crippen LogP contribution < -0.4 is 0 Å². The molecular weight excluding hydrogens is 306 g/mol. The zero-order chi connectivity index (χ0) is 17.4. The fourth-order valence-corrected chi connectivity index (χ4v) is 2.09. The van der Waals surface area contributed by atoms with Gasteiger partial charge in [0.25, 0.3) is 0 Å². The number of oxazole rings is 1. The first-order chi connectivity index (χ1) is 11.6. The number of rotatable bonds is 5. The summed E-state index contributed by atoms with van der Waals surface area (Å²) in [4.78, 5) is 27.4. The molecule has 122 valence electrons. The summed E-state index contributed by atoms with van der Waals surface area (Å²) in [6.07, 6.45) is 5.32. The number of allylic oxidation sites excluding steroid dienone is 1. The smallest absolute Gasteiger partial charge is 0.331 e. The Bertz CT molecular complexity index is 794. The molecule has 0 spiro atoms. The number of hydrogen-bond acceptors (Lipinski definition) is 5. The molecule has 1 heterocycles. The first kappa shape index (κ1) is 17.2. The van der Waals surface area contributed by atoms with Gasteiger partial charge < -0.3 is 9.15 Å². The van der Waals surface area contributed by atoms with Crippen molar-refractivity contribution in [1.29, 1.82) is 0 Å². The predicted molar refractivity (Wildman–Crippen MR) is 88.3 cm³/mol. The second-order valence-electron chi connectivity index (χ2n) is 4.88. The monoisotopic (exact) mass is 323 g/mol. The number of esters is 1. The van der Waals surface area contributed by atoms with Gasteiger partial charge in [-0.1, -0.05) is 36.1 Å². The summed E-state index contributed by atoms with van der Waals surface area (Å²) in [6, 6.07) is 7.21. The predicted octanol–water partition coefficient (Wildman–Crippen LogP) is 3.13. The molecule has 1 aromatic carbocycles. The van der Waals surface area contributed by atoms with Crippen LogP contribution in [0.4, 0.5) is 0 Å². The van der Waals surface area contributed by atoms with Crippen LogP contribution in [0.15, 0.2) is 53.4 Å². The van der Waals surface area contributed by atoms with Crippen molar-refractivity contribution >= 4 is 11.8 Å².